The third-order valence-corrected chi connectivity index (χ3v) is 13.8. The summed E-state index contributed by atoms with van der Waals surface area (Å²) in [6.45, 7) is -0.166. The Morgan fingerprint density at radius 1 is 0.712 bits per heavy atom. The first-order valence-electron chi connectivity index (χ1n) is 20.3. The Balaban J connectivity index is 0.999. The molecule has 1 aliphatic rings. The van der Waals surface area contributed by atoms with Gasteiger partial charge in [-0.1, -0.05) is 91.0 Å². The number of amides is 1. The summed E-state index contributed by atoms with van der Waals surface area (Å²) in [5.74, 6) is -3.41. The second-order valence-corrected chi connectivity index (χ2v) is 18.4. The SMILES string of the molecule is C[C@H](N[C@@H](CCc1ccccc1)C(=O)OCCOc1no[n+]([O-])c1S(=O)(=O)c1ccccc1)C(=O)N1Cc2ccccc2C[C@H]1C(=O)OCCOc1no[n+]([O-])c1S(=O)(=O)c1ccccc1. The number of nitrogens with zero attached hydrogens (tertiary/aromatic N) is 5. The Morgan fingerprint density at radius 3 is 1.74 bits per heavy atom. The second kappa shape index (κ2) is 20.6. The monoisotopic (exact) mass is 946 g/mol. The van der Waals surface area contributed by atoms with Gasteiger partial charge in [0.05, 0.1) is 26.1 Å². The fourth-order valence-electron chi connectivity index (χ4n) is 7.05. The number of hydrogen-bond acceptors (Lipinski definition) is 18. The normalized spacial score (nSPS) is 14.7. The fraction of sp³-hybridized carbons (Fsp3) is 0.279. The molecule has 3 heterocycles. The van der Waals surface area contributed by atoms with Crippen molar-refractivity contribution in [2.75, 3.05) is 26.4 Å². The number of sulfone groups is 2. The van der Waals surface area contributed by atoms with E-state index in [9.17, 15) is 41.6 Å². The summed E-state index contributed by atoms with van der Waals surface area (Å²) in [4.78, 5) is 42.0. The topological polar surface area (TPSA) is 278 Å². The van der Waals surface area contributed by atoms with E-state index < -0.39 is 104 Å². The van der Waals surface area contributed by atoms with Gasteiger partial charge in [0.1, 0.15) is 38.5 Å². The van der Waals surface area contributed by atoms with E-state index in [-0.39, 0.29) is 39.0 Å². The molecule has 1 N–H and O–H groups in total. The molecule has 0 unspecified atom stereocenters. The molecule has 0 saturated heterocycles. The number of carbonyl (C=O) groups is 3. The summed E-state index contributed by atoms with van der Waals surface area (Å²) < 4.78 is 83.4. The van der Waals surface area contributed by atoms with Crippen LogP contribution in [0.25, 0.3) is 0 Å². The van der Waals surface area contributed by atoms with Crippen LogP contribution in [0.3, 0.4) is 0 Å². The van der Waals surface area contributed by atoms with E-state index in [1.165, 1.54) is 60.4 Å². The van der Waals surface area contributed by atoms with Gasteiger partial charge in [0, 0.05) is 13.0 Å². The zero-order valence-corrected chi connectivity index (χ0v) is 36.7. The molecule has 7 rings (SSSR count). The van der Waals surface area contributed by atoms with Gasteiger partial charge < -0.3 is 34.3 Å². The molecule has 1 aliphatic heterocycles. The van der Waals surface area contributed by atoms with Crippen molar-refractivity contribution in [3.05, 3.63) is 142 Å². The molecule has 21 nitrogen and oxygen atoms in total. The molecule has 2 aromatic heterocycles. The van der Waals surface area contributed by atoms with Crippen LogP contribution in [0.5, 0.6) is 11.8 Å². The molecule has 0 bridgehead atoms. The lowest BCUT2D eigenvalue weighted by Gasteiger charge is -2.37. The third-order valence-electron chi connectivity index (χ3n) is 10.3. The highest BCUT2D eigenvalue weighted by atomic mass is 32.2. The van der Waals surface area contributed by atoms with Crippen molar-refractivity contribution in [2.24, 2.45) is 0 Å². The van der Waals surface area contributed by atoms with E-state index in [1.807, 2.05) is 42.5 Å². The van der Waals surface area contributed by atoms with Crippen LogP contribution in [0.4, 0.5) is 0 Å². The fourth-order valence-corrected chi connectivity index (χ4v) is 9.64. The van der Waals surface area contributed by atoms with Crippen molar-refractivity contribution in [3.8, 4) is 11.8 Å². The minimum atomic E-state index is -4.40. The number of hydrogen-bond donors (Lipinski definition) is 1. The summed E-state index contributed by atoms with van der Waals surface area (Å²) in [7, 11) is -8.80. The maximum Gasteiger partial charge on any atom is 0.415 e. The van der Waals surface area contributed by atoms with Crippen LogP contribution >= 0.6 is 0 Å². The van der Waals surface area contributed by atoms with Crippen molar-refractivity contribution in [3.63, 3.8) is 0 Å². The molecule has 3 atom stereocenters. The van der Waals surface area contributed by atoms with Crippen LogP contribution in [0.15, 0.2) is 144 Å². The highest BCUT2D eigenvalue weighted by Crippen LogP contribution is 2.28. The third kappa shape index (κ3) is 10.6. The zero-order valence-electron chi connectivity index (χ0n) is 35.0. The largest absolute Gasteiger partial charge is 0.461 e. The van der Waals surface area contributed by atoms with Gasteiger partial charge in [-0.25, -0.2) is 21.6 Å². The van der Waals surface area contributed by atoms with Gasteiger partial charge in [-0.05, 0) is 70.5 Å². The maximum absolute atomic E-state index is 14.3. The van der Waals surface area contributed by atoms with Crippen molar-refractivity contribution >= 4 is 37.5 Å². The average Bonchev–Trinajstić information content (AvgIpc) is 3.91. The van der Waals surface area contributed by atoms with Crippen LogP contribution in [-0.2, 0) is 62.9 Å². The Hall–Kier alpha value is -7.37. The molecule has 1 amide bonds. The van der Waals surface area contributed by atoms with E-state index in [1.54, 1.807) is 24.3 Å². The van der Waals surface area contributed by atoms with Crippen molar-refractivity contribution in [1.29, 1.82) is 0 Å². The molecule has 346 valence electrons. The Kier molecular flexibility index (Phi) is 14.6. The van der Waals surface area contributed by atoms with Gasteiger partial charge >= 0.3 is 33.8 Å². The van der Waals surface area contributed by atoms with E-state index >= 15 is 0 Å². The van der Waals surface area contributed by atoms with E-state index in [0.29, 0.717) is 6.42 Å². The van der Waals surface area contributed by atoms with E-state index in [0.717, 1.165) is 16.7 Å². The lowest BCUT2D eigenvalue weighted by Crippen LogP contribution is -2.56. The lowest BCUT2D eigenvalue weighted by molar-refractivity contribution is -0.832. The minimum absolute atomic E-state index is 0.0181. The zero-order chi connectivity index (χ0) is 46.8. The molecular formula is C43H42N6O15S2. The van der Waals surface area contributed by atoms with Gasteiger partial charge in [0.2, 0.25) is 5.91 Å². The van der Waals surface area contributed by atoms with Gasteiger partial charge in [-0.3, -0.25) is 24.2 Å². The van der Waals surface area contributed by atoms with Crippen LogP contribution in [0, 0.1) is 10.4 Å². The van der Waals surface area contributed by atoms with E-state index in [2.05, 4.69) is 24.9 Å². The van der Waals surface area contributed by atoms with Crippen molar-refractivity contribution in [1.82, 2.24) is 20.5 Å². The summed E-state index contributed by atoms with van der Waals surface area (Å²) in [5.41, 5.74) is 2.47. The predicted molar refractivity (Wildman–Crippen MR) is 223 cm³/mol. The molecular weight excluding hydrogens is 905 g/mol. The molecule has 66 heavy (non-hydrogen) atoms. The standard InChI is InChI=1S/C43H42N6O15S2/c1-29(44-35(22-21-30-13-5-2-6-14-30)42(51)61-25-23-59-37-40(48(53)63-45-37)65(55,56)33-17-7-3-8-18-33)39(50)47-28-32-16-12-11-15-31(32)27-36(47)43(52)62-26-24-60-38-41(49(54)64-46-38)66(57,58)34-19-9-4-10-20-34/h2-20,29,35-36,44H,21-28H2,1H3/t29-,35-,36-/m0/s1. The van der Waals surface area contributed by atoms with Crippen LogP contribution in [-0.4, -0.2) is 94.4 Å². The number of rotatable bonds is 20. The Morgan fingerprint density at radius 2 is 1.20 bits per heavy atom. The predicted octanol–water partition coefficient (Wildman–Crippen LogP) is 2.07. The average molecular weight is 947 g/mol. The second-order valence-electron chi connectivity index (χ2n) is 14.7. The van der Waals surface area contributed by atoms with Gasteiger partial charge in [-0.2, -0.15) is 0 Å². The number of aryl methyl sites for hydroxylation is 1. The molecule has 6 aromatic rings. The highest BCUT2D eigenvalue weighted by molar-refractivity contribution is 7.91. The van der Waals surface area contributed by atoms with Crippen LogP contribution in [0.1, 0.15) is 30.0 Å². The summed E-state index contributed by atoms with van der Waals surface area (Å²) >= 11 is 0. The quantitative estimate of drug-likeness (QED) is 0.0651. The number of benzene rings is 4. The maximum atomic E-state index is 14.3. The van der Waals surface area contributed by atoms with Crippen molar-refractivity contribution < 1.29 is 69.2 Å². The number of fused-ring (bicyclic) bond motifs is 1. The van der Waals surface area contributed by atoms with Crippen LogP contribution in [0.2, 0.25) is 0 Å². The lowest BCUT2D eigenvalue weighted by atomic mass is 9.93. The smallest absolute Gasteiger partial charge is 0.415 e. The summed E-state index contributed by atoms with van der Waals surface area (Å²) in [6.07, 6.45) is 0.644. The molecule has 0 aliphatic carbocycles. The van der Waals surface area contributed by atoms with Gasteiger partial charge in [0.25, 0.3) is 19.7 Å². The number of carbonyl (C=O) groups excluding carboxylic acids is 3. The summed E-state index contributed by atoms with van der Waals surface area (Å²) in [5, 5.41) is 32.7. The number of aromatic nitrogens is 4. The first kappa shape index (κ1) is 46.6. The molecule has 4 aromatic carbocycles. The molecule has 0 fully saturated rings. The molecule has 23 heteroatoms. The molecule has 0 spiro atoms. The highest BCUT2D eigenvalue weighted by Gasteiger charge is 2.40. The Labute approximate surface area is 377 Å². The summed E-state index contributed by atoms with van der Waals surface area (Å²) in [6, 6.07) is 27.4. The van der Waals surface area contributed by atoms with E-state index in [4.69, 9.17) is 18.9 Å². The molecule has 0 radical (unpaired) electrons. The minimum Gasteiger partial charge on any atom is -0.461 e. The van der Waals surface area contributed by atoms with Gasteiger partial charge in [-0.15, -0.1) is 0 Å². The first-order valence-corrected chi connectivity index (χ1v) is 23.3. The number of nitrogens with one attached hydrogen (secondary N) is 1. The number of ether oxygens (including phenoxy) is 4. The van der Waals surface area contributed by atoms with Crippen molar-refractivity contribution in [2.45, 2.75) is 70.7 Å². The van der Waals surface area contributed by atoms with Gasteiger partial charge in [0.15, 0.2) is 0 Å². The van der Waals surface area contributed by atoms with Crippen LogP contribution < -0.4 is 24.6 Å². The number of esters is 2. The Bertz CT molecular complexity index is 2860. The first-order chi connectivity index (χ1) is 31.8. The molecule has 0 saturated carbocycles.